The third kappa shape index (κ3) is 2.42. The second-order valence-corrected chi connectivity index (χ2v) is 4.48. The maximum absolute atomic E-state index is 5.76. The van der Waals surface area contributed by atoms with Crippen LogP contribution in [0, 0.1) is 0 Å². The first kappa shape index (κ1) is 9.44. The smallest absolute Gasteiger partial charge is 0.0902 e. The van der Waals surface area contributed by atoms with Crippen molar-refractivity contribution in [3.05, 3.63) is 0 Å². The fraction of sp³-hybridized carbons (Fsp3) is 1.00. The Morgan fingerprint density at radius 2 is 2.23 bits per heavy atom. The highest BCUT2D eigenvalue weighted by Gasteiger charge is 2.32. The molecule has 13 heavy (non-hydrogen) atoms. The summed E-state index contributed by atoms with van der Waals surface area (Å²) < 4.78 is 5.76. The molecule has 2 fully saturated rings. The average molecular weight is 184 g/mol. The van der Waals surface area contributed by atoms with E-state index in [0.29, 0.717) is 0 Å². The quantitative estimate of drug-likeness (QED) is 0.611. The summed E-state index contributed by atoms with van der Waals surface area (Å²) in [5.74, 6) is 0. The normalized spacial score (nSPS) is 26.5. The second-order valence-electron chi connectivity index (χ2n) is 4.48. The van der Waals surface area contributed by atoms with Crippen LogP contribution in [0.5, 0.6) is 0 Å². The largest absolute Gasteiger partial charge is 0.371 e. The monoisotopic (exact) mass is 184 g/mol. The Kier molecular flexibility index (Phi) is 2.86. The number of hydrogen-bond acceptors (Lipinski definition) is 3. The SMILES string of the molecule is CC1(OCCNC2CCC2)CNC1. The number of hydrogen-bond donors (Lipinski definition) is 2. The Bertz CT molecular complexity index is 164. The molecule has 1 aliphatic carbocycles. The molecule has 2 aliphatic rings. The third-order valence-corrected chi connectivity index (χ3v) is 3.09. The average Bonchev–Trinajstić information content (AvgIpc) is 1.97. The zero-order valence-corrected chi connectivity index (χ0v) is 8.44. The van der Waals surface area contributed by atoms with Crippen LogP contribution in [0.2, 0.25) is 0 Å². The Morgan fingerprint density at radius 3 is 2.69 bits per heavy atom. The number of ether oxygens (including phenoxy) is 1. The molecule has 3 heteroatoms. The summed E-state index contributed by atoms with van der Waals surface area (Å²) in [4.78, 5) is 0. The van der Waals surface area contributed by atoms with Gasteiger partial charge in [-0.05, 0) is 19.8 Å². The molecule has 1 aliphatic heterocycles. The van der Waals surface area contributed by atoms with Crippen molar-refractivity contribution in [2.24, 2.45) is 0 Å². The molecule has 2 N–H and O–H groups in total. The van der Waals surface area contributed by atoms with E-state index in [1.165, 1.54) is 19.3 Å². The van der Waals surface area contributed by atoms with E-state index in [-0.39, 0.29) is 5.60 Å². The van der Waals surface area contributed by atoms with Crippen molar-refractivity contribution in [2.45, 2.75) is 37.8 Å². The molecule has 0 aromatic carbocycles. The molecule has 2 rings (SSSR count). The summed E-state index contributed by atoms with van der Waals surface area (Å²) in [7, 11) is 0. The van der Waals surface area contributed by atoms with Gasteiger partial charge in [0.05, 0.1) is 12.2 Å². The highest BCUT2D eigenvalue weighted by Crippen LogP contribution is 2.18. The van der Waals surface area contributed by atoms with Crippen LogP contribution in [-0.2, 0) is 4.74 Å². The molecule has 0 aromatic rings. The molecule has 0 radical (unpaired) electrons. The van der Waals surface area contributed by atoms with Gasteiger partial charge in [-0.3, -0.25) is 0 Å². The van der Waals surface area contributed by atoms with Gasteiger partial charge in [0.15, 0.2) is 0 Å². The standard InChI is InChI=1S/C10H20N2O/c1-10(7-11-8-10)13-6-5-12-9-3-2-4-9/h9,11-12H,2-8H2,1H3. The summed E-state index contributed by atoms with van der Waals surface area (Å²) in [6.07, 6.45) is 4.12. The Hall–Kier alpha value is -0.120. The van der Waals surface area contributed by atoms with Gasteiger partial charge in [0, 0.05) is 25.7 Å². The number of nitrogens with one attached hydrogen (secondary N) is 2. The molecule has 0 atom stereocenters. The van der Waals surface area contributed by atoms with Gasteiger partial charge in [-0.2, -0.15) is 0 Å². The molecule has 1 saturated carbocycles. The van der Waals surface area contributed by atoms with Crippen molar-refractivity contribution in [2.75, 3.05) is 26.2 Å². The summed E-state index contributed by atoms with van der Waals surface area (Å²) in [5, 5.41) is 6.72. The summed E-state index contributed by atoms with van der Waals surface area (Å²) in [5.41, 5.74) is 0.126. The molecule has 1 heterocycles. The van der Waals surface area contributed by atoms with E-state index >= 15 is 0 Å². The van der Waals surface area contributed by atoms with Crippen LogP contribution in [0.3, 0.4) is 0 Å². The summed E-state index contributed by atoms with van der Waals surface area (Å²) in [6, 6.07) is 0.788. The van der Waals surface area contributed by atoms with Gasteiger partial charge in [-0.15, -0.1) is 0 Å². The van der Waals surface area contributed by atoms with Gasteiger partial charge in [0.1, 0.15) is 0 Å². The Balaban J connectivity index is 1.48. The van der Waals surface area contributed by atoms with E-state index in [9.17, 15) is 0 Å². The molecule has 0 amide bonds. The molecular formula is C10H20N2O. The van der Waals surface area contributed by atoms with Crippen molar-refractivity contribution in [1.29, 1.82) is 0 Å². The van der Waals surface area contributed by atoms with E-state index in [0.717, 1.165) is 32.3 Å². The Morgan fingerprint density at radius 1 is 1.46 bits per heavy atom. The zero-order valence-electron chi connectivity index (χ0n) is 8.44. The maximum Gasteiger partial charge on any atom is 0.0902 e. The van der Waals surface area contributed by atoms with Crippen molar-refractivity contribution >= 4 is 0 Å². The third-order valence-electron chi connectivity index (χ3n) is 3.09. The van der Waals surface area contributed by atoms with Crippen molar-refractivity contribution in [3.63, 3.8) is 0 Å². The number of rotatable bonds is 5. The van der Waals surface area contributed by atoms with Gasteiger partial charge in [-0.1, -0.05) is 6.42 Å². The van der Waals surface area contributed by atoms with Crippen LogP contribution < -0.4 is 10.6 Å². The molecule has 0 spiro atoms. The van der Waals surface area contributed by atoms with Crippen LogP contribution in [0.25, 0.3) is 0 Å². The van der Waals surface area contributed by atoms with Crippen LogP contribution >= 0.6 is 0 Å². The van der Waals surface area contributed by atoms with Gasteiger partial charge >= 0.3 is 0 Å². The van der Waals surface area contributed by atoms with Gasteiger partial charge < -0.3 is 15.4 Å². The predicted molar refractivity (Wildman–Crippen MR) is 52.9 cm³/mol. The lowest BCUT2D eigenvalue weighted by atomic mass is 9.93. The fourth-order valence-corrected chi connectivity index (χ4v) is 1.75. The molecule has 3 nitrogen and oxygen atoms in total. The lowest BCUT2D eigenvalue weighted by Gasteiger charge is -2.39. The van der Waals surface area contributed by atoms with Gasteiger partial charge in [-0.25, -0.2) is 0 Å². The van der Waals surface area contributed by atoms with Crippen LogP contribution in [-0.4, -0.2) is 37.9 Å². The minimum atomic E-state index is 0.126. The van der Waals surface area contributed by atoms with E-state index in [1.807, 2.05) is 0 Å². The predicted octanol–water partition coefficient (Wildman–Crippen LogP) is 0.507. The van der Waals surface area contributed by atoms with E-state index < -0.39 is 0 Å². The van der Waals surface area contributed by atoms with Crippen LogP contribution in [0.4, 0.5) is 0 Å². The lowest BCUT2D eigenvalue weighted by Crippen LogP contribution is -2.59. The maximum atomic E-state index is 5.76. The van der Waals surface area contributed by atoms with Crippen LogP contribution in [0.15, 0.2) is 0 Å². The molecule has 76 valence electrons. The minimum Gasteiger partial charge on any atom is -0.371 e. The van der Waals surface area contributed by atoms with Crippen LogP contribution in [0.1, 0.15) is 26.2 Å². The topological polar surface area (TPSA) is 33.3 Å². The highest BCUT2D eigenvalue weighted by atomic mass is 16.5. The second kappa shape index (κ2) is 3.95. The molecule has 0 aromatic heterocycles. The summed E-state index contributed by atoms with van der Waals surface area (Å²) in [6.45, 7) is 6.06. The first-order chi connectivity index (χ1) is 6.29. The lowest BCUT2D eigenvalue weighted by molar-refractivity contribution is -0.0656. The molecule has 0 unspecified atom stereocenters. The molecule has 0 bridgehead atoms. The highest BCUT2D eigenvalue weighted by molar-refractivity contribution is 4.90. The molecule has 1 saturated heterocycles. The van der Waals surface area contributed by atoms with Crippen molar-refractivity contribution < 1.29 is 4.74 Å². The first-order valence-corrected chi connectivity index (χ1v) is 5.37. The summed E-state index contributed by atoms with van der Waals surface area (Å²) >= 11 is 0. The van der Waals surface area contributed by atoms with Crippen molar-refractivity contribution in [3.8, 4) is 0 Å². The van der Waals surface area contributed by atoms with Crippen molar-refractivity contribution in [1.82, 2.24) is 10.6 Å². The zero-order chi connectivity index (χ0) is 9.15. The van der Waals surface area contributed by atoms with Gasteiger partial charge in [0.2, 0.25) is 0 Å². The minimum absolute atomic E-state index is 0.126. The first-order valence-electron chi connectivity index (χ1n) is 5.37. The van der Waals surface area contributed by atoms with E-state index in [4.69, 9.17) is 4.74 Å². The van der Waals surface area contributed by atoms with Gasteiger partial charge in [0.25, 0.3) is 0 Å². The Labute approximate surface area is 80.2 Å². The molecular weight excluding hydrogens is 164 g/mol. The van der Waals surface area contributed by atoms with E-state index in [2.05, 4.69) is 17.6 Å². The fourth-order valence-electron chi connectivity index (χ4n) is 1.75. The van der Waals surface area contributed by atoms with E-state index in [1.54, 1.807) is 0 Å².